The number of aryl methyl sites for hydroxylation is 1. The molecule has 2 heterocycles. The van der Waals surface area contributed by atoms with Crippen LogP contribution < -0.4 is 11.2 Å². The number of nitrogens with zero attached hydrogens (tertiary/aromatic N) is 4. The SMILES string of the molecule is CCCCn1c(=O)c2c(nc(SCC)n2Cc2ccc(Cl)cc2)n(C)c1=O. The van der Waals surface area contributed by atoms with E-state index in [1.807, 2.05) is 42.7 Å². The highest BCUT2D eigenvalue weighted by Crippen LogP contribution is 2.23. The number of benzene rings is 1. The Kier molecular flexibility index (Phi) is 6.11. The van der Waals surface area contributed by atoms with E-state index in [0.717, 1.165) is 29.3 Å². The summed E-state index contributed by atoms with van der Waals surface area (Å²) in [4.78, 5) is 30.4. The molecule has 0 N–H and O–H groups in total. The van der Waals surface area contributed by atoms with Gasteiger partial charge in [-0.15, -0.1) is 0 Å². The maximum atomic E-state index is 13.1. The van der Waals surface area contributed by atoms with E-state index in [9.17, 15) is 9.59 Å². The van der Waals surface area contributed by atoms with Crippen LogP contribution in [0.25, 0.3) is 11.2 Å². The number of rotatable bonds is 7. The lowest BCUT2D eigenvalue weighted by Gasteiger charge is -2.11. The average Bonchev–Trinajstić information content (AvgIpc) is 3.00. The minimum Gasteiger partial charge on any atom is -0.309 e. The van der Waals surface area contributed by atoms with Crippen LogP contribution in [0.2, 0.25) is 5.02 Å². The van der Waals surface area contributed by atoms with Crippen LogP contribution in [0.5, 0.6) is 0 Å². The van der Waals surface area contributed by atoms with Gasteiger partial charge in [-0.05, 0) is 29.9 Å². The Balaban J connectivity index is 2.24. The smallest absolute Gasteiger partial charge is 0.309 e. The van der Waals surface area contributed by atoms with Crippen molar-refractivity contribution in [2.45, 2.75) is 44.9 Å². The third-order valence-corrected chi connectivity index (χ3v) is 5.57. The van der Waals surface area contributed by atoms with Crippen LogP contribution in [0.3, 0.4) is 0 Å². The zero-order valence-corrected chi connectivity index (χ0v) is 17.3. The van der Waals surface area contributed by atoms with Gasteiger partial charge in [0.2, 0.25) is 0 Å². The molecule has 0 bridgehead atoms. The Morgan fingerprint density at radius 2 is 1.81 bits per heavy atom. The molecule has 8 heteroatoms. The third-order valence-electron chi connectivity index (χ3n) is 4.46. The van der Waals surface area contributed by atoms with Crippen LogP contribution in [0.15, 0.2) is 39.0 Å². The highest BCUT2D eigenvalue weighted by atomic mass is 35.5. The lowest BCUT2D eigenvalue weighted by atomic mass is 10.2. The highest BCUT2D eigenvalue weighted by Gasteiger charge is 2.20. The predicted octanol–water partition coefficient (Wildman–Crippen LogP) is 3.51. The summed E-state index contributed by atoms with van der Waals surface area (Å²) in [5.41, 5.74) is 1.34. The molecule has 0 saturated carbocycles. The molecule has 0 radical (unpaired) electrons. The predicted molar refractivity (Wildman–Crippen MR) is 111 cm³/mol. The molecule has 0 spiro atoms. The molecule has 0 unspecified atom stereocenters. The fourth-order valence-corrected chi connectivity index (χ4v) is 3.87. The fraction of sp³-hybridized carbons (Fsp3) is 0.421. The Morgan fingerprint density at radius 1 is 1.11 bits per heavy atom. The maximum Gasteiger partial charge on any atom is 0.332 e. The van der Waals surface area contributed by atoms with Gasteiger partial charge >= 0.3 is 5.69 Å². The molecular formula is C19H23ClN4O2S. The van der Waals surface area contributed by atoms with Crippen LogP contribution >= 0.6 is 23.4 Å². The lowest BCUT2D eigenvalue weighted by molar-refractivity contribution is 0.564. The van der Waals surface area contributed by atoms with Gasteiger partial charge in [-0.2, -0.15) is 0 Å². The van der Waals surface area contributed by atoms with E-state index in [2.05, 4.69) is 4.98 Å². The summed E-state index contributed by atoms with van der Waals surface area (Å²) in [6.45, 7) is 4.99. The molecule has 1 aromatic carbocycles. The van der Waals surface area contributed by atoms with Gasteiger partial charge in [0.25, 0.3) is 5.56 Å². The van der Waals surface area contributed by atoms with Gasteiger partial charge in [0.15, 0.2) is 16.3 Å². The maximum absolute atomic E-state index is 13.1. The molecule has 2 aromatic heterocycles. The monoisotopic (exact) mass is 406 g/mol. The van der Waals surface area contributed by atoms with Gasteiger partial charge in [0.1, 0.15) is 0 Å². The van der Waals surface area contributed by atoms with E-state index in [-0.39, 0.29) is 11.2 Å². The largest absolute Gasteiger partial charge is 0.332 e. The fourth-order valence-electron chi connectivity index (χ4n) is 3.02. The molecule has 144 valence electrons. The number of aromatic nitrogens is 4. The molecule has 3 aromatic rings. The molecule has 27 heavy (non-hydrogen) atoms. The van der Waals surface area contributed by atoms with Crippen molar-refractivity contribution in [2.24, 2.45) is 7.05 Å². The Labute approximate surface area is 166 Å². The first kappa shape index (κ1) is 19.8. The van der Waals surface area contributed by atoms with E-state index < -0.39 is 0 Å². The minimum atomic E-state index is -0.315. The van der Waals surface area contributed by atoms with Crippen LogP contribution in [-0.4, -0.2) is 24.4 Å². The number of hydrogen-bond acceptors (Lipinski definition) is 4. The molecule has 0 aliphatic heterocycles. The van der Waals surface area contributed by atoms with Gasteiger partial charge in [-0.3, -0.25) is 13.9 Å². The molecule has 0 aliphatic rings. The molecule has 0 amide bonds. The van der Waals surface area contributed by atoms with Crippen LogP contribution in [0.1, 0.15) is 32.3 Å². The summed E-state index contributed by atoms with van der Waals surface area (Å²) in [5.74, 6) is 0.821. The molecule has 0 aliphatic carbocycles. The zero-order chi connectivity index (χ0) is 19.6. The summed E-state index contributed by atoms with van der Waals surface area (Å²) >= 11 is 7.55. The first-order valence-corrected chi connectivity index (χ1v) is 10.4. The van der Waals surface area contributed by atoms with E-state index in [1.165, 1.54) is 9.13 Å². The van der Waals surface area contributed by atoms with E-state index >= 15 is 0 Å². The van der Waals surface area contributed by atoms with E-state index in [0.29, 0.717) is 29.3 Å². The van der Waals surface area contributed by atoms with Gasteiger partial charge in [-0.25, -0.2) is 9.78 Å². The van der Waals surface area contributed by atoms with E-state index in [4.69, 9.17) is 11.6 Å². The second-order valence-corrected chi connectivity index (χ2v) is 8.03. The van der Waals surface area contributed by atoms with Crippen molar-refractivity contribution in [1.82, 2.24) is 18.7 Å². The second-order valence-electron chi connectivity index (χ2n) is 6.36. The summed E-state index contributed by atoms with van der Waals surface area (Å²) in [5, 5.41) is 1.41. The Morgan fingerprint density at radius 3 is 2.44 bits per heavy atom. The summed E-state index contributed by atoms with van der Waals surface area (Å²) in [6.07, 6.45) is 1.69. The molecule has 0 atom stereocenters. The van der Waals surface area contributed by atoms with Crippen LogP contribution in [0.4, 0.5) is 0 Å². The van der Waals surface area contributed by atoms with Crippen molar-refractivity contribution in [1.29, 1.82) is 0 Å². The highest BCUT2D eigenvalue weighted by molar-refractivity contribution is 7.99. The van der Waals surface area contributed by atoms with Gasteiger partial charge in [-0.1, -0.05) is 55.8 Å². The number of fused-ring (bicyclic) bond motifs is 1. The molecular weight excluding hydrogens is 384 g/mol. The van der Waals surface area contributed by atoms with Crippen molar-refractivity contribution in [3.63, 3.8) is 0 Å². The van der Waals surface area contributed by atoms with Crippen molar-refractivity contribution < 1.29 is 0 Å². The number of halogens is 1. The van der Waals surface area contributed by atoms with Crippen molar-refractivity contribution in [3.8, 4) is 0 Å². The average molecular weight is 407 g/mol. The van der Waals surface area contributed by atoms with Crippen LogP contribution in [-0.2, 0) is 20.1 Å². The zero-order valence-electron chi connectivity index (χ0n) is 15.7. The summed E-state index contributed by atoms with van der Waals surface area (Å²) < 4.78 is 4.72. The van der Waals surface area contributed by atoms with Crippen LogP contribution in [0, 0.1) is 0 Å². The third kappa shape index (κ3) is 3.84. The normalized spacial score (nSPS) is 11.4. The quantitative estimate of drug-likeness (QED) is 0.563. The topological polar surface area (TPSA) is 61.8 Å². The van der Waals surface area contributed by atoms with Gasteiger partial charge in [0.05, 0.1) is 6.54 Å². The molecule has 6 nitrogen and oxygen atoms in total. The molecule has 0 saturated heterocycles. The Hall–Kier alpha value is -1.99. The van der Waals surface area contributed by atoms with E-state index in [1.54, 1.807) is 18.8 Å². The number of hydrogen-bond donors (Lipinski definition) is 0. The Bertz CT molecular complexity index is 1070. The minimum absolute atomic E-state index is 0.272. The summed E-state index contributed by atoms with van der Waals surface area (Å²) in [6, 6.07) is 7.54. The lowest BCUT2D eigenvalue weighted by Crippen LogP contribution is -2.39. The number of thioether (sulfide) groups is 1. The number of imidazole rings is 1. The van der Waals surface area contributed by atoms with Gasteiger partial charge < -0.3 is 4.57 Å². The summed E-state index contributed by atoms with van der Waals surface area (Å²) in [7, 11) is 1.67. The second kappa shape index (κ2) is 8.35. The molecule has 3 rings (SSSR count). The van der Waals surface area contributed by atoms with Crippen molar-refractivity contribution >= 4 is 34.5 Å². The molecule has 0 fully saturated rings. The standard InChI is InChI=1S/C19H23ClN4O2S/c1-4-6-11-23-17(25)15-16(22(3)19(23)26)21-18(27-5-2)24(15)12-13-7-9-14(20)10-8-13/h7-10H,4-6,11-12H2,1-3H3. The van der Waals surface area contributed by atoms with Crippen molar-refractivity contribution in [2.75, 3.05) is 5.75 Å². The first-order valence-electron chi connectivity index (χ1n) is 9.05. The van der Waals surface area contributed by atoms with Gasteiger partial charge in [0, 0.05) is 18.6 Å². The van der Waals surface area contributed by atoms with Crippen molar-refractivity contribution in [3.05, 3.63) is 55.7 Å². The number of unbranched alkanes of at least 4 members (excludes halogenated alkanes) is 1. The first-order chi connectivity index (χ1) is 13.0.